The van der Waals surface area contributed by atoms with Crippen LogP contribution in [0.5, 0.6) is 0 Å². The highest BCUT2D eigenvalue weighted by molar-refractivity contribution is 5.85. The van der Waals surface area contributed by atoms with E-state index in [1.165, 1.54) is 16.7 Å². The van der Waals surface area contributed by atoms with Gasteiger partial charge in [0.1, 0.15) is 12.6 Å². The van der Waals surface area contributed by atoms with Crippen LogP contribution in [0.25, 0.3) is 0 Å². The summed E-state index contributed by atoms with van der Waals surface area (Å²) in [5.74, 6) is 0.427. The second-order valence-electron chi connectivity index (χ2n) is 7.18. The van der Waals surface area contributed by atoms with Gasteiger partial charge in [0.25, 0.3) is 0 Å². The summed E-state index contributed by atoms with van der Waals surface area (Å²) < 4.78 is 44.4. The van der Waals surface area contributed by atoms with Crippen molar-refractivity contribution in [3.8, 4) is 0 Å². The molecule has 10 heteroatoms. The summed E-state index contributed by atoms with van der Waals surface area (Å²) >= 11 is 0. The number of hydrogen-bond acceptors (Lipinski definition) is 4. The van der Waals surface area contributed by atoms with Crippen LogP contribution in [0.2, 0.25) is 0 Å². The van der Waals surface area contributed by atoms with Crippen LogP contribution < -0.4 is 5.32 Å². The van der Waals surface area contributed by atoms with Gasteiger partial charge in [0.2, 0.25) is 5.91 Å². The molecule has 2 atom stereocenters. The molecule has 0 aliphatic carbocycles. The maximum absolute atomic E-state index is 12.9. The van der Waals surface area contributed by atoms with Gasteiger partial charge in [-0.1, -0.05) is 0 Å². The molecular formula is C17H30F3N5O2. The molecule has 2 saturated heterocycles. The summed E-state index contributed by atoms with van der Waals surface area (Å²) in [5.41, 5.74) is 0. The van der Waals surface area contributed by atoms with Crippen LogP contribution in [-0.4, -0.2) is 105 Å². The minimum absolute atomic E-state index is 0.0000251. The van der Waals surface area contributed by atoms with Crippen molar-refractivity contribution in [1.82, 2.24) is 20.0 Å². The molecule has 2 fully saturated rings. The maximum Gasteiger partial charge on any atom is 0.403 e. The molecule has 2 heterocycles. The number of carbonyl (C=O) groups is 1. The van der Waals surface area contributed by atoms with Crippen molar-refractivity contribution < 1.29 is 22.7 Å². The molecule has 0 bridgehead atoms. The van der Waals surface area contributed by atoms with Crippen LogP contribution in [0.4, 0.5) is 13.2 Å². The van der Waals surface area contributed by atoms with Crippen LogP contribution in [0.1, 0.15) is 19.8 Å². The molecule has 0 aromatic carbocycles. The van der Waals surface area contributed by atoms with E-state index in [4.69, 9.17) is 4.74 Å². The van der Waals surface area contributed by atoms with E-state index in [9.17, 15) is 18.0 Å². The number of aliphatic imine (C=N–C) groups is 1. The van der Waals surface area contributed by atoms with E-state index in [0.29, 0.717) is 38.7 Å². The van der Waals surface area contributed by atoms with Gasteiger partial charge in [-0.05, 0) is 19.8 Å². The molecule has 0 spiro atoms. The summed E-state index contributed by atoms with van der Waals surface area (Å²) in [7, 11) is 3.32. The van der Waals surface area contributed by atoms with Gasteiger partial charge in [-0.15, -0.1) is 0 Å². The third kappa shape index (κ3) is 6.53. The smallest absolute Gasteiger partial charge is 0.376 e. The van der Waals surface area contributed by atoms with E-state index in [-0.39, 0.29) is 18.6 Å². The first-order valence-corrected chi connectivity index (χ1v) is 9.34. The fourth-order valence-electron chi connectivity index (χ4n) is 3.09. The van der Waals surface area contributed by atoms with Crippen LogP contribution in [0.3, 0.4) is 0 Å². The predicted molar refractivity (Wildman–Crippen MR) is 96.6 cm³/mol. The number of carbonyl (C=O) groups excluding carboxylic acids is 1. The molecule has 2 rings (SSSR count). The van der Waals surface area contributed by atoms with Crippen molar-refractivity contribution in [2.24, 2.45) is 4.99 Å². The number of ether oxygens (including phenoxy) is 1. The number of hydrogen-bond donors (Lipinski definition) is 1. The van der Waals surface area contributed by atoms with E-state index >= 15 is 0 Å². The number of amides is 1. The Labute approximate surface area is 158 Å². The first-order valence-electron chi connectivity index (χ1n) is 9.34. The zero-order valence-corrected chi connectivity index (χ0v) is 16.3. The SMILES string of the molecule is CC(N1CCN(C(=NCC(=O)N(C)C)NCC2CCCO2)CC1)C(F)(F)F. The lowest BCUT2D eigenvalue weighted by Gasteiger charge is -2.39. The summed E-state index contributed by atoms with van der Waals surface area (Å²) in [5, 5.41) is 3.24. The van der Waals surface area contributed by atoms with Gasteiger partial charge in [-0.25, -0.2) is 4.99 Å². The van der Waals surface area contributed by atoms with Gasteiger partial charge in [-0.2, -0.15) is 13.2 Å². The molecule has 0 aromatic heterocycles. The number of halogens is 3. The molecule has 2 unspecified atom stereocenters. The molecule has 2 aliphatic heterocycles. The van der Waals surface area contributed by atoms with Gasteiger partial charge < -0.3 is 19.9 Å². The Balaban J connectivity index is 1.96. The second kappa shape index (κ2) is 9.59. The highest BCUT2D eigenvalue weighted by Crippen LogP contribution is 2.25. The molecule has 1 amide bonds. The molecule has 0 saturated carbocycles. The van der Waals surface area contributed by atoms with Gasteiger partial charge in [0.05, 0.1) is 6.10 Å². The number of guanidine groups is 1. The topological polar surface area (TPSA) is 60.4 Å². The largest absolute Gasteiger partial charge is 0.403 e. The monoisotopic (exact) mass is 393 g/mol. The normalized spacial score (nSPS) is 23.4. The average molecular weight is 393 g/mol. The third-order valence-electron chi connectivity index (χ3n) is 5.01. The summed E-state index contributed by atoms with van der Waals surface area (Å²) in [6.45, 7) is 3.95. The van der Waals surface area contributed by atoms with E-state index in [2.05, 4.69) is 10.3 Å². The first-order chi connectivity index (χ1) is 12.7. The summed E-state index contributed by atoms with van der Waals surface area (Å²) in [6.07, 6.45) is -2.14. The zero-order chi connectivity index (χ0) is 20.0. The number of likely N-dealkylation sites (N-methyl/N-ethyl adjacent to an activating group) is 1. The Morgan fingerprint density at radius 2 is 1.96 bits per heavy atom. The Kier molecular flexibility index (Phi) is 7.72. The van der Waals surface area contributed by atoms with Gasteiger partial charge in [-0.3, -0.25) is 9.69 Å². The van der Waals surface area contributed by atoms with Crippen LogP contribution in [0, 0.1) is 0 Å². The lowest BCUT2D eigenvalue weighted by Crippen LogP contribution is -2.57. The first kappa shape index (κ1) is 21.7. The lowest BCUT2D eigenvalue weighted by molar-refractivity contribution is -0.181. The van der Waals surface area contributed by atoms with Crippen molar-refractivity contribution in [2.75, 3.05) is 60.0 Å². The van der Waals surface area contributed by atoms with E-state index in [1.807, 2.05) is 4.90 Å². The molecule has 2 aliphatic rings. The Morgan fingerprint density at radius 3 is 2.48 bits per heavy atom. The Bertz CT molecular complexity index is 513. The fourth-order valence-corrected chi connectivity index (χ4v) is 3.09. The molecule has 27 heavy (non-hydrogen) atoms. The number of nitrogens with one attached hydrogen (secondary N) is 1. The zero-order valence-electron chi connectivity index (χ0n) is 16.3. The van der Waals surface area contributed by atoms with Crippen LogP contribution in [-0.2, 0) is 9.53 Å². The minimum atomic E-state index is -4.23. The Hall–Kier alpha value is -1.55. The maximum atomic E-state index is 12.9. The summed E-state index contributed by atoms with van der Waals surface area (Å²) in [6, 6.07) is -1.46. The van der Waals surface area contributed by atoms with Crippen molar-refractivity contribution in [3.05, 3.63) is 0 Å². The minimum Gasteiger partial charge on any atom is -0.376 e. The van der Waals surface area contributed by atoms with E-state index in [1.54, 1.807) is 14.1 Å². The van der Waals surface area contributed by atoms with Crippen LogP contribution >= 0.6 is 0 Å². The molecule has 0 aromatic rings. The molecular weight excluding hydrogens is 363 g/mol. The summed E-state index contributed by atoms with van der Waals surface area (Å²) in [4.78, 5) is 21.1. The van der Waals surface area contributed by atoms with Crippen LogP contribution in [0.15, 0.2) is 4.99 Å². The fraction of sp³-hybridized carbons (Fsp3) is 0.882. The molecule has 0 radical (unpaired) electrons. The van der Waals surface area contributed by atoms with Gasteiger partial charge in [0.15, 0.2) is 5.96 Å². The number of alkyl halides is 3. The van der Waals surface area contributed by atoms with Crippen molar-refractivity contribution in [1.29, 1.82) is 0 Å². The van der Waals surface area contributed by atoms with E-state index < -0.39 is 12.2 Å². The quantitative estimate of drug-likeness (QED) is 0.552. The number of rotatable bonds is 5. The Morgan fingerprint density at radius 1 is 1.30 bits per heavy atom. The lowest BCUT2D eigenvalue weighted by atomic mass is 10.2. The molecule has 1 N–H and O–H groups in total. The average Bonchev–Trinajstić information content (AvgIpc) is 3.13. The standard InChI is InChI=1S/C17H30F3N5O2/c1-13(17(18,19)20)24-6-8-25(9-7-24)16(22-12-15(26)23(2)3)21-11-14-5-4-10-27-14/h13-14H,4-12H2,1-3H3,(H,21,22). The van der Waals surface area contributed by atoms with E-state index in [0.717, 1.165) is 19.4 Å². The third-order valence-corrected chi connectivity index (χ3v) is 5.01. The van der Waals surface area contributed by atoms with Gasteiger partial charge in [0, 0.05) is 53.4 Å². The highest BCUT2D eigenvalue weighted by atomic mass is 19.4. The number of nitrogens with zero attached hydrogens (tertiary/aromatic N) is 4. The molecule has 156 valence electrons. The van der Waals surface area contributed by atoms with Crippen molar-refractivity contribution in [3.63, 3.8) is 0 Å². The number of piperazine rings is 1. The molecule has 7 nitrogen and oxygen atoms in total. The predicted octanol–water partition coefficient (Wildman–Crippen LogP) is 0.768. The van der Waals surface area contributed by atoms with Crippen molar-refractivity contribution >= 4 is 11.9 Å². The van der Waals surface area contributed by atoms with Gasteiger partial charge >= 0.3 is 6.18 Å². The second-order valence-corrected chi connectivity index (χ2v) is 7.18. The van der Waals surface area contributed by atoms with Crippen molar-refractivity contribution in [2.45, 2.75) is 38.1 Å². The highest BCUT2D eigenvalue weighted by Gasteiger charge is 2.41.